The largest absolute Gasteiger partial charge is 0.493 e. The van der Waals surface area contributed by atoms with Crippen molar-refractivity contribution >= 4 is 52.1 Å². The van der Waals surface area contributed by atoms with Gasteiger partial charge in [0.25, 0.3) is 0 Å². The summed E-state index contributed by atoms with van der Waals surface area (Å²) >= 11 is 8.18. The van der Waals surface area contributed by atoms with Crippen molar-refractivity contribution in [2.75, 3.05) is 7.11 Å². The van der Waals surface area contributed by atoms with Crippen LogP contribution in [0, 0.1) is 10.5 Å². The average molecular weight is 560 g/mol. The van der Waals surface area contributed by atoms with Gasteiger partial charge in [-0.1, -0.05) is 29.8 Å². The summed E-state index contributed by atoms with van der Waals surface area (Å²) in [5.74, 6) is 0.961. The molecule has 0 spiro atoms. The zero-order valence-corrected chi connectivity index (χ0v) is 20.3. The third-order valence-corrected chi connectivity index (χ3v) is 6.29. The Balaban J connectivity index is 1.54. The number of aryl methyl sites for hydroxylation is 1. The Labute approximate surface area is 204 Å². The van der Waals surface area contributed by atoms with E-state index in [9.17, 15) is 4.79 Å². The quantitative estimate of drug-likeness (QED) is 0.205. The SMILES string of the molecule is COc1cc(/C=C2\N=C(c3ccc(I)c(C)c3)OC2=O)ccc1OCc1ccc(Cl)cc1. The van der Waals surface area contributed by atoms with Gasteiger partial charge in [-0.15, -0.1) is 0 Å². The van der Waals surface area contributed by atoms with Crippen LogP contribution in [0.4, 0.5) is 0 Å². The topological polar surface area (TPSA) is 57.1 Å². The van der Waals surface area contributed by atoms with Crippen molar-refractivity contribution < 1.29 is 19.0 Å². The van der Waals surface area contributed by atoms with Gasteiger partial charge in [0.1, 0.15) is 6.61 Å². The predicted octanol–water partition coefficient (Wildman–Crippen LogP) is 6.19. The molecule has 0 amide bonds. The minimum absolute atomic E-state index is 0.230. The Kier molecular flexibility index (Phi) is 6.81. The lowest BCUT2D eigenvalue weighted by Crippen LogP contribution is -2.05. The molecule has 3 aromatic rings. The Hall–Kier alpha value is -2.84. The van der Waals surface area contributed by atoms with E-state index < -0.39 is 5.97 Å². The Morgan fingerprint density at radius 2 is 1.84 bits per heavy atom. The molecular formula is C25H19ClINO4. The predicted molar refractivity (Wildman–Crippen MR) is 133 cm³/mol. The van der Waals surface area contributed by atoms with Crippen LogP contribution in [0.3, 0.4) is 0 Å². The number of nitrogens with zero attached hydrogens (tertiary/aromatic N) is 1. The fourth-order valence-corrected chi connectivity index (χ4v) is 3.56. The van der Waals surface area contributed by atoms with E-state index in [-0.39, 0.29) is 5.70 Å². The number of aliphatic imine (C=N–C) groups is 1. The van der Waals surface area contributed by atoms with Crippen LogP contribution in [0.2, 0.25) is 5.02 Å². The van der Waals surface area contributed by atoms with Gasteiger partial charge < -0.3 is 14.2 Å². The molecule has 4 rings (SSSR count). The van der Waals surface area contributed by atoms with Gasteiger partial charge in [-0.3, -0.25) is 0 Å². The lowest BCUT2D eigenvalue weighted by Gasteiger charge is -2.11. The van der Waals surface area contributed by atoms with E-state index in [1.165, 1.54) is 0 Å². The van der Waals surface area contributed by atoms with Crippen molar-refractivity contribution in [1.29, 1.82) is 0 Å². The van der Waals surface area contributed by atoms with Crippen LogP contribution < -0.4 is 9.47 Å². The molecule has 5 nitrogen and oxygen atoms in total. The molecule has 0 fully saturated rings. The van der Waals surface area contributed by atoms with Gasteiger partial charge in [0.15, 0.2) is 17.2 Å². The van der Waals surface area contributed by atoms with E-state index in [2.05, 4.69) is 27.6 Å². The summed E-state index contributed by atoms with van der Waals surface area (Å²) in [5.41, 5.74) is 3.83. The van der Waals surface area contributed by atoms with Gasteiger partial charge in [-0.25, -0.2) is 9.79 Å². The van der Waals surface area contributed by atoms with Gasteiger partial charge in [0, 0.05) is 14.2 Å². The number of methoxy groups -OCH3 is 1. The molecule has 0 N–H and O–H groups in total. The Morgan fingerprint density at radius 1 is 1.06 bits per heavy atom. The van der Waals surface area contributed by atoms with Crippen LogP contribution in [0.5, 0.6) is 11.5 Å². The lowest BCUT2D eigenvalue weighted by molar-refractivity contribution is -0.129. The number of carbonyl (C=O) groups excluding carboxylic acids is 1. The number of ether oxygens (including phenoxy) is 3. The number of cyclic esters (lactones) is 1. The molecule has 162 valence electrons. The summed E-state index contributed by atoms with van der Waals surface area (Å²) in [7, 11) is 1.57. The lowest BCUT2D eigenvalue weighted by atomic mass is 10.1. The van der Waals surface area contributed by atoms with E-state index in [1.54, 1.807) is 25.3 Å². The van der Waals surface area contributed by atoms with Crippen molar-refractivity contribution in [3.05, 3.63) is 97.2 Å². The van der Waals surface area contributed by atoms with Gasteiger partial charge in [0.05, 0.1) is 7.11 Å². The van der Waals surface area contributed by atoms with Crippen LogP contribution in [-0.2, 0) is 16.1 Å². The fourth-order valence-electron chi connectivity index (χ4n) is 3.10. The van der Waals surface area contributed by atoms with E-state index in [0.717, 1.165) is 25.8 Å². The van der Waals surface area contributed by atoms with Crippen LogP contribution in [0.25, 0.3) is 6.08 Å². The van der Waals surface area contributed by atoms with E-state index in [0.29, 0.717) is 29.0 Å². The van der Waals surface area contributed by atoms with Crippen molar-refractivity contribution in [2.45, 2.75) is 13.5 Å². The van der Waals surface area contributed by atoms with Gasteiger partial charge >= 0.3 is 5.97 Å². The molecule has 1 heterocycles. The summed E-state index contributed by atoms with van der Waals surface area (Å²) in [6, 6.07) is 18.7. The summed E-state index contributed by atoms with van der Waals surface area (Å²) in [6.45, 7) is 2.38. The van der Waals surface area contributed by atoms with Crippen LogP contribution >= 0.6 is 34.2 Å². The zero-order chi connectivity index (χ0) is 22.7. The highest BCUT2D eigenvalue weighted by Crippen LogP contribution is 2.30. The van der Waals surface area contributed by atoms with Crippen LogP contribution in [0.1, 0.15) is 22.3 Å². The highest BCUT2D eigenvalue weighted by atomic mass is 127. The summed E-state index contributed by atoms with van der Waals surface area (Å²) < 4.78 is 17.9. The fraction of sp³-hybridized carbons (Fsp3) is 0.120. The Morgan fingerprint density at radius 3 is 2.56 bits per heavy atom. The van der Waals surface area contributed by atoms with Crippen LogP contribution in [0.15, 0.2) is 71.4 Å². The van der Waals surface area contributed by atoms with Crippen molar-refractivity contribution in [1.82, 2.24) is 0 Å². The highest BCUT2D eigenvalue weighted by Gasteiger charge is 2.24. The number of hydrogen-bond acceptors (Lipinski definition) is 5. The van der Waals surface area contributed by atoms with E-state index in [1.807, 2.05) is 55.5 Å². The molecule has 0 saturated carbocycles. The zero-order valence-electron chi connectivity index (χ0n) is 17.4. The maximum atomic E-state index is 12.3. The minimum Gasteiger partial charge on any atom is -0.493 e. The number of halogens is 2. The second-order valence-corrected chi connectivity index (χ2v) is 8.72. The first kappa shape index (κ1) is 22.4. The second-order valence-electron chi connectivity index (χ2n) is 7.13. The molecular weight excluding hydrogens is 541 g/mol. The molecule has 0 radical (unpaired) electrons. The van der Waals surface area contributed by atoms with Crippen molar-refractivity contribution in [3.8, 4) is 11.5 Å². The molecule has 3 aromatic carbocycles. The molecule has 1 aliphatic heterocycles. The molecule has 0 bridgehead atoms. The standard InChI is InChI=1S/C25H19ClINO4/c1-15-11-18(6-9-20(15)27)24-28-21(25(29)32-24)12-17-5-10-22(23(13-17)30-2)31-14-16-3-7-19(26)8-4-16/h3-13H,14H2,1-2H3/b21-12-. The van der Waals surface area contributed by atoms with Crippen LogP contribution in [-0.4, -0.2) is 19.0 Å². The monoisotopic (exact) mass is 559 g/mol. The van der Waals surface area contributed by atoms with Gasteiger partial charge in [0.2, 0.25) is 5.90 Å². The van der Waals surface area contributed by atoms with Gasteiger partial charge in [-0.2, -0.15) is 0 Å². The maximum Gasteiger partial charge on any atom is 0.363 e. The number of carbonyl (C=O) groups is 1. The normalized spacial score (nSPS) is 14.3. The summed E-state index contributed by atoms with van der Waals surface area (Å²) in [5, 5.41) is 0.678. The van der Waals surface area contributed by atoms with Gasteiger partial charge in [-0.05, 0) is 94.7 Å². The summed E-state index contributed by atoms with van der Waals surface area (Å²) in [6.07, 6.45) is 1.67. The third kappa shape index (κ3) is 5.14. The maximum absolute atomic E-state index is 12.3. The smallest absolute Gasteiger partial charge is 0.363 e. The molecule has 7 heteroatoms. The minimum atomic E-state index is -0.488. The first-order valence-corrected chi connectivity index (χ1v) is 11.2. The number of benzene rings is 3. The molecule has 1 aliphatic rings. The second kappa shape index (κ2) is 9.75. The van der Waals surface area contributed by atoms with E-state index in [4.69, 9.17) is 25.8 Å². The van der Waals surface area contributed by atoms with Crippen molar-refractivity contribution in [3.63, 3.8) is 0 Å². The molecule has 0 unspecified atom stereocenters. The van der Waals surface area contributed by atoms with Crippen molar-refractivity contribution in [2.24, 2.45) is 4.99 Å². The average Bonchev–Trinajstić information content (AvgIpc) is 3.15. The van der Waals surface area contributed by atoms with E-state index >= 15 is 0 Å². The third-order valence-electron chi connectivity index (χ3n) is 4.82. The number of hydrogen-bond donors (Lipinski definition) is 0. The molecule has 0 atom stereocenters. The molecule has 0 aliphatic carbocycles. The molecule has 0 saturated heterocycles. The molecule has 0 aromatic heterocycles. The molecule has 32 heavy (non-hydrogen) atoms. The Bertz CT molecular complexity index is 1240. The first-order valence-electron chi connectivity index (χ1n) is 9.77. The number of rotatable bonds is 6. The summed E-state index contributed by atoms with van der Waals surface area (Å²) in [4.78, 5) is 16.7. The number of esters is 1. The first-order chi connectivity index (χ1) is 15.4. The highest BCUT2D eigenvalue weighted by molar-refractivity contribution is 14.1.